The number of hydrogen-bond donors (Lipinski definition) is 0. The zero-order valence-corrected chi connectivity index (χ0v) is 21.8. The summed E-state index contributed by atoms with van der Waals surface area (Å²) >= 11 is 1.54. The Bertz CT molecular complexity index is 1200. The predicted molar refractivity (Wildman–Crippen MR) is 141 cm³/mol. The van der Waals surface area contributed by atoms with Crippen molar-refractivity contribution in [1.29, 1.82) is 0 Å². The Kier molecular flexibility index (Phi) is 6.23. The molecule has 1 amide bonds. The van der Waals surface area contributed by atoms with E-state index in [1.807, 2.05) is 11.8 Å². The van der Waals surface area contributed by atoms with E-state index in [9.17, 15) is 4.79 Å². The van der Waals surface area contributed by atoms with Gasteiger partial charge in [-0.3, -0.25) is 4.79 Å². The lowest BCUT2D eigenvalue weighted by Gasteiger charge is -2.41. The second-order valence-electron chi connectivity index (χ2n) is 10.00. The summed E-state index contributed by atoms with van der Waals surface area (Å²) in [6, 6.07) is 9.41. The molecule has 6 nitrogen and oxygen atoms in total. The topological polar surface area (TPSA) is 52.6 Å². The van der Waals surface area contributed by atoms with Crippen LogP contribution in [0, 0.1) is 20.8 Å². The maximum atomic E-state index is 13.7. The molecule has 2 aliphatic rings. The standard InChI is InChI=1S/C27H35N5OS/c1-17-9-11-22(12-10-17)31-15-14-30(16-19(31)3)27(33)24-20(4)23-25(28-21(5)29-26(23)34-24)32-13-7-6-8-18(32)2/h9-12,18-19H,6-8,13-16H2,1-5H3/t18-,19+/m0/s1. The maximum Gasteiger partial charge on any atom is 0.264 e. The minimum Gasteiger partial charge on any atom is -0.365 e. The summed E-state index contributed by atoms with van der Waals surface area (Å²) in [5, 5.41) is 1.07. The van der Waals surface area contributed by atoms with Crippen LogP contribution in [-0.2, 0) is 0 Å². The van der Waals surface area contributed by atoms with Gasteiger partial charge in [-0.05, 0) is 71.6 Å². The lowest BCUT2D eigenvalue weighted by Crippen LogP contribution is -2.53. The van der Waals surface area contributed by atoms with Crippen LogP contribution in [0.3, 0.4) is 0 Å². The van der Waals surface area contributed by atoms with Crippen molar-refractivity contribution in [2.24, 2.45) is 0 Å². The Labute approximate surface area is 206 Å². The molecule has 2 aliphatic heterocycles. The number of rotatable bonds is 3. The molecule has 3 aromatic rings. The molecule has 0 unspecified atom stereocenters. The van der Waals surface area contributed by atoms with Gasteiger partial charge in [0.15, 0.2) is 0 Å². The lowest BCUT2D eigenvalue weighted by molar-refractivity contribution is 0.0730. The highest BCUT2D eigenvalue weighted by molar-refractivity contribution is 7.20. The number of aryl methyl sites for hydroxylation is 3. The monoisotopic (exact) mass is 477 g/mol. The minimum absolute atomic E-state index is 0.131. The van der Waals surface area contributed by atoms with E-state index in [4.69, 9.17) is 9.97 Å². The summed E-state index contributed by atoms with van der Waals surface area (Å²) in [4.78, 5) is 31.9. The highest BCUT2D eigenvalue weighted by Crippen LogP contribution is 2.38. The van der Waals surface area contributed by atoms with E-state index in [1.54, 1.807) is 0 Å². The normalized spacial score (nSPS) is 21.4. The fourth-order valence-electron chi connectivity index (χ4n) is 5.45. The predicted octanol–water partition coefficient (Wildman–Crippen LogP) is 5.35. The van der Waals surface area contributed by atoms with Gasteiger partial charge < -0.3 is 14.7 Å². The molecule has 0 spiro atoms. The molecule has 0 bridgehead atoms. The van der Waals surface area contributed by atoms with Gasteiger partial charge in [0, 0.05) is 44.0 Å². The molecule has 0 aliphatic carbocycles. The van der Waals surface area contributed by atoms with Gasteiger partial charge in [-0.1, -0.05) is 17.7 Å². The van der Waals surface area contributed by atoms with Crippen LogP contribution >= 0.6 is 11.3 Å². The molecule has 2 aromatic heterocycles. The van der Waals surface area contributed by atoms with Crippen molar-refractivity contribution >= 4 is 39.0 Å². The van der Waals surface area contributed by atoms with Crippen LogP contribution in [0.25, 0.3) is 10.2 Å². The molecule has 34 heavy (non-hydrogen) atoms. The Balaban J connectivity index is 1.42. The van der Waals surface area contributed by atoms with Crippen molar-refractivity contribution in [1.82, 2.24) is 14.9 Å². The van der Waals surface area contributed by atoms with Crippen LogP contribution in [0.5, 0.6) is 0 Å². The second kappa shape index (κ2) is 9.17. The molecule has 0 N–H and O–H groups in total. The molecule has 4 heterocycles. The highest BCUT2D eigenvalue weighted by Gasteiger charge is 2.31. The largest absolute Gasteiger partial charge is 0.365 e. The number of anilines is 2. The number of thiophene rings is 1. The van der Waals surface area contributed by atoms with Crippen LogP contribution in [0.1, 0.15) is 59.7 Å². The van der Waals surface area contributed by atoms with E-state index in [1.165, 1.54) is 41.9 Å². The molecule has 1 aromatic carbocycles. The summed E-state index contributed by atoms with van der Waals surface area (Å²) < 4.78 is 0. The van der Waals surface area contributed by atoms with Gasteiger partial charge in [0.25, 0.3) is 5.91 Å². The number of nitrogens with zero attached hydrogens (tertiary/aromatic N) is 5. The number of aromatic nitrogens is 2. The average molecular weight is 478 g/mol. The third kappa shape index (κ3) is 4.15. The Morgan fingerprint density at radius 1 is 0.941 bits per heavy atom. The van der Waals surface area contributed by atoms with Gasteiger partial charge >= 0.3 is 0 Å². The third-order valence-corrected chi connectivity index (χ3v) is 8.61. The molecule has 180 valence electrons. The molecule has 2 atom stereocenters. The van der Waals surface area contributed by atoms with Gasteiger partial charge in [-0.25, -0.2) is 9.97 Å². The van der Waals surface area contributed by atoms with Crippen LogP contribution in [0.2, 0.25) is 0 Å². The van der Waals surface area contributed by atoms with Gasteiger partial charge in [0.05, 0.1) is 10.3 Å². The molecular weight excluding hydrogens is 442 g/mol. The molecule has 0 radical (unpaired) electrons. The number of fused-ring (bicyclic) bond motifs is 1. The number of hydrogen-bond acceptors (Lipinski definition) is 6. The minimum atomic E-state index is 0.131. The number of carbonyl (C=O) groups is 1. The smallest absolute Gasteiger partial charge is 0.264 e. The summed E-state index contributed by atoms with van der Waals surface area (Å²) in [5.74, 6) is 1.92. The molecule has 5 rings (SSSR count). The number of benzene rings is 1. The molecule has 0 saturated carbocycles. The lowest BCUT2D eigenvalue weighted by atomic mass is 10.0. The van der Waals surface area contributed by atoms with E-state index >= 15 is 0 Å². The van der Waals surface area contributed by atoms with Gasteiger partial charge in [-0.2, -0.15) is 0 Å². The fourth-order valence-corrected chi connectivity index (χ4v) is 6.64. The highest BCUT2D eigenvalue weighted by atomic mass is 32.1. The Hall–Kier alpha value is -2.67. The zero-order chi connectivity index (χ0) is 24.0. The van der Waals surface area contributed by atoms with Crippen molar-refractivity contribution in [2.75, 3.05) is 36.0 Å². The first-order chi connectivity index (χ1) is 16.3. The van der Waals surface area contributed by atoms with Gasteiger partial charge in [-0.15, -0.1) is 11.3 Å². The van der Waals surface area contributed by atoms with Crippen molar-refractivity contribution in [3.8, 4) is 0 Å². The van der Waals surface area contributed by atoms with Crippen LogP contribution < -0.4 is 9.80 Å². The average Bonchev–Trinajstić information content (AvgIpc) is 3.15. The summed E-state index contributed by atoms with van der Waals surface area (Å²) in [6.45, 7) is 14.0. The van der Waals surface area contributed by atoms with E-state index in [2.05, 4.69) is 61.8 Å². The first-order valence-electron chi connectivity index (χ1n) is 12.5. The van der Waals surface area contributed by atoms with Crippen molar-refractivity contribution in [3.05, 3.63) is 46.1 Å². The Morgan fingerprint density at radius 2 is 1.71 bits per heavy atom. The molecule has 2 fully saturated rings. The van der Waals surface area contributed by atoms with E-state index in [0.29, 0.717) is 6.04 Å². The molecule has 2 saturated heterocycles. The van der Waals surface area contributed by atoms with Crippen molar-refractivity contribution in [3.63, 3.8) is 0 Å². The van der Waals surface area contributed by atoms with E-state index < -0.39 is 0 Å². The second-order valence-corrected chi connectivity index (χ2v) is 11.0. The number of piperazine rings is 1. The van der Waals surface area contributed by atoms with Crippen LogP contribution in [0.15, 0.2) is 24.3 Å². The summed E-state index contributed by atoms with van der Waals surface area (Å²) in [5.41, 5.74) is 3.53. The van der Waals surface area contributed by atoms with E-state index in [-0.39, 0.29) is 11.9 Å². The van der Waals surface area contributed by atoms with Crippen molar-refractivity contribution < 1.29 is 4.79 Å². The Morgan fingerprint density at radius 3 is 2.41 bits per heavy atom. The number of piperidine rings is 1. The van der Waals surface area contributed by atoms with Crippen LogP contribution in [0.4, 0.5) is 11.5 Å². The molecular formula is C27H35N5OS. The summed E-state index contributed by atoms with van der Waals surface area (Å²) in [7, 11) is 0. The zero-order valence-electron chi connectivity index (χ0n) is 21.0. The van der Waals surface area contributed by atoms with E-state index in [0.717, 1.165) is 58.5 Å². The first-order valence-corrected chi connectivity index (χ1v) is 13.3. The number of carbonyl (C=O) groups excluding carboxylic acids is 1. The first kappa shape index (κ1) is 23.1. The van der Waals surface area contributed by atoms with Gasteiger partial charge in [0.1, 0.15) is 16.5 Å². The summed E-state index contributed by atoms with van der Waals surface area (Å²) in [6.07, 6.45) is 3.64. The fraction of sp³-hybridized carbons (Fsp3) is 0.519. The van der Waals surface area contributed by atoms with Crippen LogP contribution in [-0.4, -0.2) is 59.0 Å². The van der Waals surface area contributed by atoms with Crippen molar-refractivity contribution in [2.45, 2.75) is 66.0 Å². The maximum absolute atomic E-state index is 13.7. The third-order valence-electron chi connectivity index (χ3n) is 7.43. The SMILES string of the molecule is Cc1ccc(N2CCN(C(=O)c3sc4nc(C)nc(N5CCCC[C@@H]5C)c4c3C)C[C@H]2C)cc1. The number of amides is 1. The quantitative estimate of drug-likeness (QED) is 0.509. The van der Waals surface area contributed by atoms with Gasteiger partial charge in [0.2, 0.25) is 0 Å². The molecule has 7 heteroatoms.